The number of nitrogens with two attached hydrogens (primary N) is 1. The van der Waals surface area contributed by atoms with Gasteiger partial charge in [0.2, 0.25) is 5.95 Å². The van der Waals surface area contributed by atoms with E-state index in [1.54, 1.807) is 6.33 Å². The Bertz CT molecular complexity index is 594. The van der Waals surface area contributed by atoms with Crippen LogP contribution in [0.5, 0.6) is 0 Å². The molecule has 114 valence electrons. The molecule has 1 fully saturated rings. The number of rotatable bonds is 5. The number of likely N-dealkylation sites (tertiary alicyclic amines) is 1. The van der Waals surface area contributed by atoms with Crippen molar-refractivity contribution < 1.29 is 0 Å². The lowest BCUT2D eigenvalue weighted by molar-refractivity contribution is 0.160. The van der Waals surface area contributed by atoms with Crippen molar-refractivity contribution in [3.63, 3.8) is 0 Å². The van der Waals surface area contributed by atoms with E-state index in [-0.39, 0.29) is 5.95 Å². The fraction of sp³-hybridized carbons (Fsp3) is 0.643. The summed E-state index contributed by atoms with van der Waals surface area (Å²) in [5.41, 5.74) is 7.12. The Morgan fingerprint density at radius 1 is 1.43 bits per heavy atom. The highest BCUT2D eigenvalue weighted by Gasteiger charge is 2.17. The van der Waals surface area contributed by atoms with Crippen LogP contribution in [0, 0.1) is 0 Å². The van der Waals surface area contributed by atoms with Crippen LogP contribution in [-0.4, -0.2) is 50.5 Å². The van der Waals surface area contributed by atoms with Gasteiger partial charge in [-0.05, 0) is 32.7 Å². The van der Waals surface area contributed by atoms with Crippen LogP contribution in [0.15, 0.2) is 6.33 Å². The molecule has 2 aromatic rings. The first-order valence-electron chi connectivity index (χ1n) is 7.68. The zero-order chi connectivity index (χ0) is 14.7. The van der Waals surface area contributed by atoms with Gasteiger partial charge in [0.1, 0.15) is 5.52 Å². The number of piperidine rings is 1. The predicted octanol–water partition coefficient (Wildman–Crippen LogP) is 1.61. The largest absolute Gasteiger partial charge is 0.368 e. The second-order valence-electron chi connectivity index (χ2n) is 5.69. The van der Waals surface area contributed by atoms with Gasteiger partial charge in [0.25, 0.3) is 0 Å². The highest BCUT2D eigenvalue weighted by Crippen LogP contribution is 2.18. The number of hydrogen-bond acceptors (Lipinski definition) is 6. The molecule has 1 saturated heterocycles. The molecule has 1 aliphatic rings. The van der Waals surface area contributed by atoms with Gasteiger partial charge >= 0.3 is 0 Å². The Balaban J connectivity index is 1.53. The lowest BCUT2D eigenvalue weighted by Crippen LogP contribution is -2.38. The molecule has 7 nitrogen and oxygen atoms in total. The summed E-state index contributed by atoms with van der Waals surface area (Å²) in [4.78, 5) is 18.1. The van der Waals surface area contributed by atoms with E-state index in [1.165, 1.54) is 25.8 Å². The molecule has 0 saturated carbocycles. The molecular weight excluding hydrogens is 266 g/mol. The van der Waals surface area contributed by atoms with Crippen molar-refractivity contribution in [1.29, 1.82) is 0 Å². The fourth-order valence-electron chi connectivity index (χ4n) is 2.96. The Morgan fingerprint density at radius 3 is 3.19 bits per heavy atom. The average molecular weight is 289 g/mol. The van der Waals surface area contributed by atoms with Crippen LogP contribution < -0.4 is 11.1 Å². The molecule has 1 aliphatic heterocycles. The smallest absolute Gasteiger partial charge is 0.224 e. The third-order valence-electron chi connectivity index (χ3n) is 4.16. The number of anilines is 2. The van der Waals surface area contributed by atoms with Gasteiger partial charge in [-0.3, -0.25) is 0 Å². The van der Waals surface area contributed by atoms with E-state index < -0.39 is 0 Å². The van der Waals surface area contributed by atoms with Crippen LogP contribution in [0.4, 0.5) is 11.8 Å². The summed E-state index contributed by atoms with van der Waals surface area (Å²) in [6.45, 7) is 5.55. The second-order valence-corrected chi connectivity index (χ2v) is 5.69. The van der Waals surface area contributed by atoms with Crippen LogP contribution in [0.3, 0.4) is 0 Å². The van der Waals surface area contributed by atoms with Crippen molar-refractivity contribution in [2.45, 2.75) is 38.6 Å². The zero-order valence-corrected chi connectivity index (χ0v) is 12.5. The molecule has 0 bridgehead atoms. The van der Waals surface area contributed by atoms with Crippen molar-refractivity contribution >= 4 is 22.9 Å². The van der Waals surface area contributed by atoms with E-state index in [0.29, 0.717) is 11.7 Å². The van der Waals surface area contributed by atoms with Crippen molar-refractivity contribution in [2.75, 3.05) is 30.7 Å². The van der Waals surface area contributed by atoms with Crippen molar-refractivity contribution in [3.05, 3.63) is 6.33 Å². The second kappa shape index (κ2) is 6.26. The van der Waals surface area contributed by atoms with E-state index in [4.69, 9.17) is 5.73 Å². The number of hydrogen-bond donors (Lipinski definition) is 3. The summed E-state index contributed by atoms with van der Waals surface area (Å²) in [5, 5.41) is 3.34. The number of nitrogens with zero attached hydrogens (tertiary/aromatic N) is 4. The van der Waals surface area contributed by atoms with Gasteiger partial charge in [0.15, 0.2) is 11.5 Å². The lowest BCUT2D eigenvalue weighted by atomic mass is 10.0. The number of aromatic amines is 1. The molecule has 0 aromatic carbocycles. The first-order chi connectivity index (χ1) is 10.2. The minimum absolute atomic E-state index is 0.252. The van der Waals surface area contributed by atoms with Crippen LogP contribution in [0.1, 0.15) is 32.6 Å². The summed E-state index contributed by atoms with van der Waals surface area (Å²) in [6.07, 6.45) is 6.72. The maximum absolute atomic E-state index is 5.70. The molecule has 3 rings (SSSR count). The standard InChI is InChI=1S/C14H23N7/c1-10-5-2-3-7-21(10)8-4-6-16-12-11-13(18-9-17-11)20-14(15)19-12/h9-10H,2-8H2,1H3,(H4,15,16,17,18,19,20). The molecule has 3 heterocycles. The van der Waals surface area contributed by atoms with E-state index in [0.717, 1.165) is 30.8 Å². The van der Waals surface area contributed by atoms with Crippen LogP contribution in [0.25, 0.3) is 11.2 Å². The molecule has 1 unspecified atom stereocenters. The van der Waals surface area contributed by atoms with Gasteiger partial charge in [-0.25, -0.2) is 4.98 Å². The predicted molar refractivity (Wildman–Crippen MR) is 84.1 cm³/mol. The monoisotopic (exact) mass is 289 g/mol. The normalized spacial score (nSPS) is 20.0. The molecule has 0 amide bonds. The van der Waals surface area contributed by atoms with Gasteiger partial charge in [-0.2, -0.15) is 9.97 Å². The number of imidazole rings is 1. The third-order valence-corrected chi connectivity index (χ3v) is 4.16. The Kier molecular flexibility index (Phi) is 4.19. The van der Waals surface area contributed by atoms with Gasteiger partial charge in [0.05, 0.1) is 6.33 Å². The SMILES string of the molecule is CC1CCCCN1CCCNc1nc(N)nc2nc[nH]c12. The molecule has 4 N–H and O–H groups in total. The van der Waals surface area contributed by atoms with Crippen LogP contribution >= 0.6 is 0 Å². The summed E-state index contributed by atoms with van der Waals surface area (Å²) >= 11 is 0. The van der Waals surface area contributed by atoms with Gasteiger partial charge < -0.3 is 20.9 Å². The number of H-pyrrole nitrogens is 1. The number of nitrogen functional groups attached to an aromatic ring is 1. The molecule has 0 spiro atoms. The summed E-state index contributed by atoms with van der Waals surface area (Å²) < 4.78 is 0. The lowest BCUT2D eigenvalue weighted by Gasteiger charge is -2.33. The van der Waals surface area contributed by atoms with Crippen LogP contribution in [-0.2, 0) is 0 Å². The van der Waals surface area contributed by atoms with E-state index >= 15 is 0 Å². The highest BCUT2D eigenvalue weighted by atomic mass is 15.2. The van der Waals surface area contributed by atoms with E-state index in [9.17, 15) is 0 Å². The molecule has 1 atom stereocenters. The molecule has 0 aliphatic carbocycles. The van der Waals surface area contributed by atoms with Crippen LogP contribution in [0.2, 0.25) is 0 Å². The Hall–Kier alpha value is -1.89. The van der Waals surface area contributed by atoms with E-state index in [1.807, 2.05) is 0 Å². The minimum Gasteiger partial charge on any atom is -0.368 e. The zero-order valence-electron chi connectivity index (χ0n) is 12.5. The maximum atomic E-state index is 5.70. The number of nitrogens with one attached hydrogen (secondary N) is 2. The maximum Gasteiger partial charge on any atom is 0.224 e. The molecule has 7 heteroatoms. The molecule has 2 aromatic heterocycles. The minimum atomic E-state index is 0.252. The first kappa shape index (κ1) is 14.1. The van der Waals surface area contributed by atoms with Gasteiger partial charge in [0, 0.05) is 19.1 Å². The van der Waals surface area contributed by atoms with Gasteiger partial charge in [-0.1, -0.05) is 6.42 Å². The third kappa shape index (κ3) is 3.24. The molecule has 21 heavy (non-hydrogen) atoms. The first-order valence-corrected chi connectivity index (χ1v) is 7.68. The van der Waals surface area contributed by atoms with Crippen molar-refractivity contribution in [1.82, 2.24) is 24.8 Å². The molecule has 0 radical (unpaired) electrons. The summed E-state index contributed by atoms with van der Waals surface area (Å²) in [6, 6.07) is 0.716. The number of fused-ring (bicyclic) bond motifs is 1. The number of aromatic nitrogens is 4. The van der Waals surface area contributed by atoms with E-state index in [2.05, 4.69) is 37.1 Å². The summed E-state index contributed by atoms with van der Waals surface area (Å²) in [5.74, 6) is 0.989. The van der Waals surface area contributed by atoms with Gasteiger partial charge in [-0.15, -0.1) is 0 Å². The topological polar surface area (TPSA) is 95.8 Å². The Labute approximate surface area is 124 Å². The fourth-order valence-corrected chi connectivity index (χ4v) is 2.96. The summed E-state index contributed by atoms with van der Waals surface area (Å²) in [7, 11) is 0. The van der Waals surface area contributed by atoms with Crippen molar-refractivity contribution in [3.8, 4) is 0 Å². The Morgan fingerprint density at radius 2 is 2.33 bits per heavy atom. The molecular formula is C14H23N7. The average Bonchev–Trinajstić information content (AvgIpc) is 2.93. The quantitative estimate of drug-likeness (QED) is 0.724. The highest BCUT2D eigenvalue weighted by molar-refractivity contribution is 5.83. The van der Waals surface area contributed by atoms with Crippen molar-refractivity contribution in [2.24, 2.45) is 0 Å².